The van der Waals surface area contributed by atoms with Crippen LogP contribution in [-0.2, 0) is 25.7 Å². The van der Waals surface area contributed by atoms with Crippen LogP contribution in [-0.4, -0.2) is 80.9 Å². The average Bonchev–Trinajstić information content (AvgIpc) is 3.22. The van der Waals surface area contributed by atoms with Crippen LogP contribution in [0.2, 0.25) is 0 Å². The molecule has 0 saturated carbocycles. The van der Waals surface area contributed by atoms with E-state index in [4.69, 9.17) is 29.3 Å². The highest BCUT2D eigenvalue weighted by atomic mass is 19.4. The maximum atomic E-state index is 13.1. The van der Waals surface area contributed by atoms with Gasteiger partial charge in [0, 0.05) is 19.0 Å². The molecule has 2 fully saturated rings. The molecule has 38 heavy (non-hydrogen) atoms. The van der Waals surface area contributed by atoms with Crippen molar-refractivity contribution >= 4 is 17.9 Å². The smallest absolute Gasteiger partial charge is 0.475 e. The molecule has 3 atom stereocenters. The van der Waals surface area contributed by atoms with Gasteiger partial charge in [-0.2, -0.15) is 26.3 Å². The third-order valence-corrected chi connectivity index (χ3v) is 5.01. The summed E-state index contributed by atoms with van der Waals surface area (Å²) in [6.45, 7) is 1.87. The molecule has 2 aromatic rings. The number of carboxylic acid groups (broad SMARTS) is 2. The number of carboxylic acids is 2. The summed E-state index contributed by atoms with van der Waals surface area (Å²) in [4.78, 5) is 32.2. The summed E-state index contributed by atoms with van der Waals surface area (Å²) in [6.07, 6.45) is -2.31. The molecule has 2 aliphatic rings. The van der Waals surface area contributed by atoms with E-state index in [1.165, 1.54) is 12.4 Å². The Bertz CT molecular complexity index is 1020. The van der Waals surface area contributed by atoms with Crippen molar-refractivity contribution in [2.45, 2.75) is 50.1 Å². The van der Waals surface area contributed by atoms with Crippen molar-refractivity contribution in [1.29, 1.82) is 0 Å². The highest BCUT2D eigenvalue weighted by molar-refractivity contribution is 5.73. The lowest BCUT2D eigenvalue weighted by Crippen LogP contribution is -2.42. The van der Waals surface area contributed by atoms with Crippen LogP contribution in [0.15, 0.2) is 36.9 Å². The Balaban J connectivity index is 0.000000301. The normalized spacial score (nSPS) is 20.8. The number of aromatic nitrogens is 3. The molecule has 0 bridgehead atoms. The van der Waals surface area contributed by atoms with Crippen LogP contribution in [0.3, 0.4) is 0 Å². The van der Waals surface area contributed by atoms with Gasteiger partial charge in [0.05, 0.1) is 31.6 Å². The van der Waals surface area contributed by atoms with E-state index in [0.29, 0.717) is 19.1 Å². The van der Waals surface area contributed by atoms with Crippen LogP contribution in [0.1, 0.15) is 18.4 Å². The van der Waals surface area contributed by atoms with Crippen molar-refractivity contribution in [3.05, 3.63) is 48.3 Å². The summed E-state index contributed by atoms with van der Waals surface area (Å²) in [5.41, 5.74) is 1.03. The van der Waals surface area contributed by atoms with Crippen molar-refractivity contribution in [1.82, 2.24) is 15.0 Å². The summed E-state index contributed by atoms with van der Waals surface area (Å²) < 4.78 is 88.6. The summed E-state index contributed by atoms with van der Waals surface area (Å²) in [5, 5.41) is 14.2. The van der Waals surface area contributed by atoms with Crippen molar-refractivity contribution in [3.8, 4) is 0 Å². The van der Waals surface area contributed by atoms with Gasteiger partial charge in [-0.1, -0.05) is 6.07 Å². The molecule has 2 saturated heterocycles. The zero-order chi connectivity index (χ0) is 28.5. The molecule has 2 aromatic heterocycles. The van der Waals surface area contributed by atoms with Gasteiger partial charge in [-0.15, -0.1) is 0 Å². The van der Waals surface area contributed by atoms with Gasteiger partial charge in [-0.25, -0.2) is 23.9 Å². The largest absolute Gasteiger partial charge is 0.490 e. The zero-order valence-corrected chi connectivity index (χ0v) is 19.2. The Labute approximate surface area is 210 Å². The monoisotopic (exact) mass is 558 g/mol. The lowest BCUT2D eigenvalue weighted by Gasteiger charge is -2.32. The molecule has 0 spiro atoms. The number of rotatable bonds is 4. The molecule has 0 aliphatic carbocycles. The molecular formula is C21H21F7N4O6. The Morgan fingerprint density at radius 3 is 2.13 bits per heavy atom. The highest BCUT2D eigenvalue weighted by Gasteiger charge is 2.45. The molecule has 17 heteroatoms. The number of carbonyl (C=O) groups is 2. The van der Waals surface area contributed by atoms with Gasteiger partial charge in [0.15, 0.2) is 5.82 Å². The molecule has 2 N–H and O–H groups in total. The lowest BCUT2D eigenvalue weighted by molar-refractivity contribution is -0.193. The first-order valence-corrected chi connectivity index (χ1v) is 10.7. The van der Waals surface area contributed by atoms with E-state index in [1.807, 2.05) is 12.1 Å². The van der Waals surface area contributed by atoms with Gasteiger partial charge in [0.1, 0.15) is 12.2 Å². The number of halogens is 7. The van der Waals surface area contributed by atoms with Crippen LogP contribution in [0.4, 0.5) is 36.7 Å². The Morgan fingerprint density at radius 1 is 1.05 bits per heavy atom. The molecule has 4 rings (SSSR count). The predicted octanol–water partition coefficient (Wildman–Crippen LogP) is 3.23. The van der Waals surface area contributed by atoms with Crippen LogP contribution in [0.5, 0.6) is 0 Å². The Hall–Kier alpha value is -3.60. The second-order valence-corrected chi connectivity index (χ2v) is 7.72. The quantitative estimate of drug-likeness (QED) is 0.539. The standard InChI is InChI=1S/C17H19FN4O2.2C2HF3O2/c18-13-8-20-17(21-9-13)22-10-15(16-14(22)4-2-6-23-16)24-11-12-3-1-5-19-7-12;2*3-2(4,5)1(6)7/h1,3,5,7-9,14-16H,2,4,6,10-11H2;2*(H,6,7)/t14-,15-,16+;;/m1../s1. The number of nitrogens with zero attached hydrogens (tertiary/aromatic N) is 4. The molecule has 10 nitrogen and oxygen atoms in total. The fraction of sp³-hybridized carbons (Fsp3) is 0.476. The zero-order valence-electron chi connectivity index (χ0n) is 19.2. The van der Waals surface area contributed by atoms with Crippen molar-refractivity contribution in [3.63, 3.8) is 0 Å². The van der Waals surface area contributed by atoms with Gasteiger partial charge >= 0.3 is 24.3 Å². The number of fused-ring (bicyclic) bond motifs is 1. The van der Waals surface area contributed by atoms with E-state index in [9.17, 15) is 30.7 Å². The summed E-state index contributed by atoms with van der Waals surface area (Å²) in [5.74, 6) is -5.41. The van der Waals surface area contributed by atoms with Gasteiger partial charge < -0.3 is 24.6 Å². The minimum Gasteiger partial charge on any atom is -0.475 e. The summed E-state index contributed by atoms with van der Waals surface area (Å²) >= 11 is 0. The molecule has 0 aromatic carbocycles. The second-order valence-electron chi connectivity index (χ2n) is 7.72. The van der Waals surface area contributed by atoms with E-state index in [0.717, 1.165) is 25.0 Å². The van der Waals surface area contributed by atoms with Crippen molar-refractivity contribution in [2.24, 2.45) is 0 Å². The van der Waals surface area contributed by atoms with Crippen molar-refractivity contribution in [2.75, 3.05) is 18.1 Å². The Kier molecular flexibility index (Phi) is 10.7. The summed E-state index contributed by atoms with van der Waals surface area (Å²) in [6, 6.07) is 4.05. The molecular weight excluding hydrogens is 537 g/mol. The first-order valence-electron chi connectivity index (χ1n) is 10.7. The number of hydrogen-bond donors (Lipinski definition) is 2. The van der Waals surface area contributed by atoms with Gasteiger partial charge in [-0.3, -0.25) is 4.98 Å². The number of ether oxygens (including phenoxy) is 2. The predicted molar refractivity (Wildman–Crippen MR) is 112 cm³/mol. The number of hydrogen-bond acceptors (Lipinski definition) is 8. The molecule has 0 radical (unpaired) electrons. The first kappa shape index (κ1) is 30.6. The third-order valence-electron chi connectivity index (χ3n) is 5.01. The van der Waals surface area contributed by atoms with Gasteiger partial charge in [-0.05, 0) is 24.5 Å². The average molecular weight is 558 g/mol. The van der Waals surface area contributed by atoms with E-state index in [-0.39, 0.29) is 18.2 Å². The van der Waals surface area contributed by atoms with E-state index in [2.05, 4.69) is 19.9 Å². The molecule has 4 heterocycles. The maximum Gasteiger partial charge on any atom is 0.490 e. The maximum absolute atomic E-state index is 13.1. The van der Waals surface area contributed by atoms with E-state index in [1.54, 1.807) is 12.4 Å². The van der Waals surface area contributed by atoms with Crippen molar-refractivity contribution < 1.29 is 60.0 Å². The first-order chi connectivity index (χ1) is 17.7. The molecule has 0 unspecified atom stereocenters. The minimum absolute atomic E-state index is 0.0101. The highest BCUT2D eigenvalue weighted by Crippen LogP contribution is 2.33. The molecule has 0 amide bonds. The van der Waals surface area contributed by atoms with Crippen LogP contribution in [0.25, 0.3) is 0 Å². The van der Waals surface area contributed by atoms with E-state index >= 15 is 0 Å². The summed E-state index contributed by atoms with van der Waals surface area (Å²) in [7, 11) is 0. The number of aliphatic carboxylic acids is 2. The van der Waals surface area contributed by atoms with Crippen LogP contribution < -0.4 is 4.90 Å². The fourth-order valence-electron chi connectivity index (χ4n) is 3.43. The van der Waals surface area contributed by atoms with Crippen LogP contribution >= 0.6 is 0 Å². The Morgan fingerprint density at radius 2 is 1.63 bits per heavy atom. The molecule has 210 valence electrons. The number of anilines is 1. The lowest BCUT2D eigenvalue weighted by atomic mass is 10.0. The minimum atomic E-state index is -5.08. The van der Waals surface area contributed by atoms with E-state index < -0.39 is 30.1 Å². The third kappa shape index (κ3) is 9.37. The number of pyridine rings is 1. The van der Waals surface area contributed by atoms with Crippen LogP contribution in [0, 0.1) is 5.82 Å². The fourth-order valence-corrected chi connectivity index (χ4v) is 3.43. The molecule has 2 aliphatic heterocycles. The second kappa shape index (κ2) is 13.3. The SMILES string of the molecule is Fc1cnc(N2C[C@@H](OCc3cccnc3)[C@H]3OCCC[C@H]32)nc1.O=C(O)C(F)(F)F.O=C(O)C(F)(F)F. The number of alkyl halides is 6. The van der Waals surface area contributed by atoms with Gasteiger partial charge in [0.2, 0.25) is 5.95 Å². The van der Waals surface area contributed by atoms with Gasteiger partial charge in [0.25, 0.3) is 0 Å². The topological polar surface area (TPSA) is 135 Å².